The third-order valence-corrected chi connectivity index (χ3v) is 6.04. The van der Waals surface area contributed by atoms with Crippen molar-refractivity contribution in [3.05, 3.63) is 48.0 Å². The molecule has 1 unspecified atom stereocenters. The number of nitrogens with zero attached hydrogens (tertiary/aromatic N) is 2. The molecule has 0 spiro atoms. The van der Waals surface area contributed by atoms with Crippen molar-refractivity contribution >= 4 is 5.91 Å². The smallest absolute Gasteiger partial charge is 0.496 e. The Kier molecular flexibility index (Phi) is 6.26. The van der Waals surface area contributed by atoms with Gasteiger partial charge in [0.25, 0.3) is 5.91 Å². The van der Waals surface area contributed by atoms with E-state index in [1.807, 2.05) is 0 Å². The number of hydrogen-bond acceptors (Lipinski definition) is 6. The number of amides is 1. The summed E-state index contributed by atoms with van der Waals surface area (Å²) in [6, 6.07) is 10.3. The Labute approximate surface area is 188 Å². The van der Waals surface area contributed by atoms with Crippen LogP contribution in [0.3, 0.4) is 0 Å². The summed E-state index contributed by atoms with van der Waals surface area (Å²) >= 11 is 0. The van der Waals surface area contributed by atoms with E-state index in [0.29, 0.717) is 61.5 Å². The van der Waals surface area contributed by atoms with E-state index < -0.39 is 18.2 Å². The first-order chi connectivity index (χ1) is 15.6. The van der Waals surface area contributed by atoms with Crippen molar-refractivity contribution in [2.45, 2.75) is 31.0 Å². The highest BCUT2D eigenvalue weighted by molar-refractivity contribution is 5.95. The minimum Gasteiger partial charge on any atom is -0.496 e. The van der Waals surface area contributed by atoms with Crippen LogP contribution in [0, 0.1) is 0 Å². The third kappa shape index (κ3) is 5.23. The molecule has 2 fully saturated rings. The van der Waals surface area contributed by atoms with Crippen LogP contribution in [-0.2, 0) is 0 Å². The third-order valence-electron chi connectivity index (χ3n) is 6.04. The number of piperazine rings is 1. The Morgan fingerprint density at radius 2 is 1.70 bits per heavy atom. The van der Waals surface area contributed by atoms with Gasteiger partial charge in [-0.3, -0.25) is 9.69 Å². The molecule has 4 rings (SSSR count). The molecule has 2 aliphatic rings. The van der Waals surface area contributed by atoms with E-state index in [1.165, 1.54) is 25.3 Å². The molecule has 1 heterocycles. The maximum atomic E-state index is 12.9. The molecule has 178 valence electrons. The molecule has 0 bridgehead atoms. The Morgan fingerprint density at radius 3 is 2.24 bits per heavy atom. The highest BCUT2D eigenvalue weighted by Crippen LogP contribution is 2.40. The van der Waals surface area contributed by atoms with Crippen LogP contribution < -0.4 is 9.47 Å². The van der Waals surface area contributed by atoms with E-state index in [9.17, 15) is 28.2 Å². The summed E-state index contributed by atoms with van der Waals surface area (Å²) in [4.78, 5) is 16.3. The minimum atomic E-state index is -4.81. The maximum Gasteiger partial charge on any atom is 0.573 e. The SMILES string of the molecule is COc1ccc(OC(F)(F)F)cc1-c1ccc(C(=O)N2CCN(C(O)C3(O)CC3)CC2)cc1. The van der Waals surface area contributed by atoms with Gasteiger partial charge < -0.3 is 24.6 Å². The van der Waals surface area contributed by atoms with Crippen LogP contribution >= 0.6 is 0 Å². The predicted octanol–water partition coefficient (Wildman–Crippen LogP) is 2.86. The van der Waals surface area contributed by atoms with Gasteiger partial charge >= 0.3 is 6.36 Å². The lowest BCUT2D eigenvalue weighted by Crippen LogP contribution is -2.55. The van der Waals surface area contributed by atoms with Crippen molar-refractivity contribution in [1.82, 2.24) is 9.80 Å². The number of ether oxygens (including phenoxy) is 2. The van der Waals surface area contributed by atoms with Gasteiger partial charge in [-0.25, -0.2) is 0 Å². The van der Waals surface area contributed by atoms with Crippen molar-refractivity contribution in [2.75, 3.05) is 33.3 Å². The van der Waals surface area contributed by atoms with Gasteiger partial charge in [0, 0.05) is 37.3 Å². The van der Waals surface area contributed by atoms with E-state index in [0.717, 1.165) is 0 Å². The largest absolute Gasteiger partial charge is 0.573 e. The normalized spacial score (nSPS) is 19.2. The first-order valence-electron chi connectivity index (χ1n) is 10.6. The van der Waals surface area contributed by atoms with Gasteiger partial charge in [0.1, 0.15) is 23.3 Å². The molecule has 0 aromatic heterocycles. The zero-order valence-corrected chi connectivity index (χ0v) is 18.0. The maximum absolute atomic E-state index is 12.9. The van der Waals surface area contributed by atoms with Crippen molar-refractivity contribution in [3.63, 3.8) is 0 Å². The Balaban J connectivity index is 1.44. The average Bonchev–Trinajstić information content (AvgIpc) is 3.56. The molecular weight excluding hydrogens is 441 g/mol. The standard InChI is InChI=1S/C23H25F3N2O5/c1-32-19-7-6-17(33-23(24,25)26)14-18(19)15-2-4-16(5-3-15)20(29)27-10-12-28(13-11-27)21(30)22(31)8-9-22/h2-7,14,21,30-31H,8-13H2,1H3. The van der Waals surface area contributed by atoms with Crippen molar-refractivity contribution in [2.24, 2.45) is 0 Å². The van der Waals surface area contributed by atoms with Crippen LogP contribution in [-0.4, -0.2) is 77.4 Å². The topological polar surface area (TPSA) is 82.5 Å². The average molecular weight is 466 g/mol. The molecule has 7 nitrogen and oxygen atoms in total. The summed E-state index contributed by atoms with van der Waals surface area (Å²) in [7, 11) is 1.42. The number of carbonyl (C=O) groups is 1. The number of aliphatic hydroxyl groups excluding tert-OH is 1. The number of hydrogen-bond donors (Lipinski definition) is 2. The van der Waals surface area contributed by atoms with Gasteiger partial charge in [-0.2, -0.15) is 0 Å². The molecule has 2 N–H and O–H groups in total. The van der Waals surface area contributed by atoms with Crippen molar-refractivity contribution in [1.29, 1.82) is 0 Å². The van der Waals surface area contributed by atoms with Gasteiger partial charge in [0.2, 0.25) is 0 Å². The van der Waals surface area contributed by atoms with E-state index in [-0.39, 0.29) is 11.7 Å². The molecule has 1 saturated heterocycles. The van der Waals surface area contributed by atoms with Crippen LogP contribution in [0.4, 0.5) is 13.2 Å². The molecule has 1 aliphatic carbocycles. The molecule has 1 atom stereocenters. The van der Waals surface area contributed by atoms with Crippen LogP contribution in [0.5, 0.6) is 11.5 Å². The zero-order valence-electron chi connectivity index (χ0n) is 18.0. The van der Waals surface area contributed by atoms with Crippen LogP contribution in [0.15, 0.2) is 42.5 Å². The molecule has 0 radical (unpaired) electrons. The number of benzene rings is 2. The lowest BCUT2D eigenvalue weighted by Gasteiger charge is -2.38. The van der Waals surface area contributed by atoms with Gasteiger partial charge in [0.05, 0.1) is 7.11 Å². The van der Waals surface area contributed by atoms with E-state index in [4.69, 9.17) is 4.74 Å². The lowest BCUT2D eigenvalue weighted by molar-refractivity contribution is -0.274. The van der Waals surface area contributed by atoms with Gasteiger partial charge in [-0.1, -0.05) is 12.1 Å². The zero-order chi connectivity index (χ0) is 23.8. The lowest BCUT2D eigenvalue weighted by atomic mass is 10.0. The number of carbonyl (C=O) groups excluding carboxylic acids is 1. The minimum absolute atomic E-state index is 0.179. The highest BCUT2D eigenvalue weighted by atomic mass is 19.4. The highest BCUT2D eigenvalue weighted by Gasteiger charge is 2.50. The second-order valence-electron chi connectivity index (χ2n) is 8.29. The number of halogens is 3. The Bertz CT molecular complexity index is 1000. The number of methoxy groups -OCH3 is 1. The van der Waals surface area contributed by atoms with Gasteiger partial charge in [0.15, 0.2) is 0 Å². The van der Waals surface area contributed by atoms with Crippen LogP contribution in [0.2, 0.25) is 0 Å². The molecule has 1 saturated carbocycles. The number of rotatable bonds is 6. The first kappa shape index (κ1) is 23.3. The quantitative estimate of drug-likeness (QED) is 0.682. The van der Waals surface area contributed by atoms with E-state index in [2.05, 4.69) is 4.74 Å². The fraction of sp³-hybridized carbons (Fsp3) is 0.435. The fourth-order valence-electron chi connectivity index (χ4n) is 3.98. The van der Waals surface area contributed by atoms with E-state index >= 15 is 0 Å². The van der Waals surface area contributed by atoms with E-state index in [1.54, 1.807) is 34.1 Å². The molecule has 2 aromatic carbocycles. The summed E-state index contributed by atoms with van der Waals surface area (Å²) in [6.07, 6.45) is -4.56. The summed E-state index contributed by atoms with van der Waals surface area (Å²) in [5, 5.41) is 20.4. The summed E-state index contributed by atoms with van der Waals surface area (Å²) in [5.41, 5.74) is 0.390. The van der Waals surface area contributed by atoms with Crippen LogP contribution in [0.1, 0.15) is 23.2 Å². The Morgan fingerprint density at radius 1 is 1.06 bits per heavy atom. The predicted molar refractivity (Wildman–Crippen MR) is 113 cm³/mol. The molecule has 2 aromatic rings. The summed E-state index contributed by atoms with van der Waals surface area (Å²) in [6.45, 7) is 1.74. The van der Waals surface area contributed by atoms with Crippen molar-refractivity contribution < 1.29 is 37.7 Å². The molecular formula is C23H25F3N2O5. The van der Waals surface area contributed by atoms with Crippen LogP contribution in [0.25, 0.3) is 11.1 Å². The molecule has 1 amide bonds. The molecule has 1 aliphatic heterocycles. The second kappa shape index (κ2) is 8.85. The monoisotopic (exact) mass is 466 g/mol. The van der Waals surface area contributed by atoms with Gasteiger partial charge in [-0.05, 0) is 48.7 Å². The Hall–Kier alpha value is -2.82. The van der Waals surface area contributed by atoms with Gasteiger partial charge in [-0.15, -0.1) is 13.2 Å². The molecule has 33 heavy (non-hydrogen) atoms. The first-order valence-corrected chi connectivity index (χ1v) is 10.6. The van der Waals surface area contributed by atoms with Crippen molar-refractivity contribution in [3.8, 4) is 22.6 Å². The fourth-order valence-corrected chi connectivity index (χ4v) is 3.98. The summed E-state index contributed by atoms with van der Waals surface area (Å²) < 4.78 is 47.0. The number of aliphatic hydroxyl groups is 2. The summed E-state index contributed by atoms with van der Waals surface area (Å²) in [5.74, 6) is -0.174. The second-order valence-corrected chi connectivity index (χ2v) is 8.29. The molecule has 10 heteroatoms. The number of alkyl halides is 3.